The maximum absolute atomic E-state index is 13.0. The van der Waals surface area contributed by atoms with Gasteiger partial charge in [0.15, 0.2) is 0 Å². The van der Waals surface area contributed by atoms with Gasteiger partial charge in [-0.2, -0.15) is 0 Å². The maximum atomic E-state index is 13.0. The molecule has 1 N–H and O–H groups in total. The number of hydrogen-bond donors (Lipinski definition) is 1. The van der Waals surface area contributed by atoms with Gasteiger partial charge in [-0.3, -0.25) is 5.41 Å². The maximum Gasteiger partial charge on any atom is 0.216 e. The van der Waals surface area contributed by atoms with Crippen molar-refractivity contribution in [2.75, 3.05) is 6.61 Å². The summed E-state index contributed by atoms with van der Waals surface area (Å²) >= 11 is 0. The van der Waals surface area contributed by atoms with Gasteiger partial charge in [-0.1, -0.05) is 13.0 Å². The molecule has 0 fully saturated rings. The van der Waals surface area contributed by atoms with Gasteiger partial charge < -0.3 is 4.74 Å². The highest BCUT2D eigenvalue weighted by Crippen LogP contribution is 2.07. The van der Waals surface area contributed by atoms with Gasteiger partial charge in [0.2, 0.25) is 5.90 Å². The molecule has 0 aliphatic rings. The van der Waals surface area contributed by atoms with Gasteiger partial charge in [0, 0.05) is 0 Å². The van der Waals surface area contributed by atoms with E-state index in [1.54, 1.807) is 6.07 Å². The largest absolute Gasteiger partial charge is 0.478 e. The Labute approximate surface area is 76.9 Å². The smallest absolute Gasteiger partial charge is 0.216 e. The molecule has 1 aromatic carbocycles. The van der Waals surface area contributed by atoms with Crippen molar-refractivity contribution in [3.63, 3.8) is 0 Å². The van der Waals surface area contributed by atoms with Gasteiger partial charge in [-0.15, -0.1) is 0 Å². The Kier molecular flexibility index (Phi) is 3.43. The molecule has 0 saturated carbocycles. The predicted octanol–water partition coefficient (Wildman–Crippen LogP) is 2.38. The average Bonchev–Trinajstić information content (AvgIpc) is 2.15. The van der Waals surface area contributed by atoms with Gasteiger partial charge >= 0.3 is 0 Å². The Balaban J connectivity index is 2.71. The first-order valence-electron chi connectivity index (χ1n) is 4.13. The van der Waals surface area contributed by atoms with Crippen LogP contribution in [0.4, 0.5) is 4.39 Å². The van der Waals surface area contributed by atoms with Gasteiger partial charge in [-0.25, -0.2) is 4.39 Å². The minimum Gasteiger partial charge on any atom is -0.478 e. The summed E-state index contributed by atoms with van der Waals surface area (Å²) in [4.78, 5) is 0. The molecule has 0 atom stereocenters. The molecule has 2 nitrogen and oxygen atoms in total. The van der Waals surface area contributed by atoms with Crippen molar-refractivity contribution in [2.24, 2.45) is 0 Å². The normalized spacial score (nSPS) is 9.69. The number of halogens is 1. The summed E-state index contributed by atoms with van der Waals surface area (Å²) in [5.74, 6) is -0.586. The van der Waals surface area contributed by atoms with Gasteiger partial charge in [0.05, 0.1) is 12.2 Å². The van der Waals surface area contributed by atoms with Crippen LogP contribution >= 0.6 is 0 Å². The molecule has 1 radical (unpaired) electrons. The van der Waals surface area contributed by atoms with Gasteiger partial charge in [-0.05, 0) is 24.6 Å². The molecular formula is C10H11FNO. The Morgan fingerprint density at radius 2 is 2.46 bits per heavy atom. The van der Waals surface area contributed by atoms with Crippen LogP contribution in [-0.2, 0) is 4.74 Å². The fourth-order valence-corrected chi connectivity index (χ4v) is 0.876. The summed E-state index contributed by atoms with van der Waals surface area (Å²) in [6.45, 7) is 2.37. The summed E-state index contributed by atoms with van der Waals surface area (Å²) in [6, 6.07) is 6.82. The van der Waals surface area contributed by atoms with E-state index >= 15 is 0 Å². The highest BCUT2D eigenvalue weighted by molar-refractivity contribution is 5.91. The molecule has 0 saturated heterocycles. The lowest BCUT2D eigenvalue weighted by atomic mass is 10.2. The van der Waals surface area contributed by atoms with Crippen molar-refractivity contribution in [1.82, 2.24) is 0 Å². The van der Waals surface area contributed by atoms with Crippen molar-refractivity contribution in [2.45, 2.75) is 13.3 Å². The summed E-state index contributed by atoms with van der Waals surface area (Å²) in [7, 11) is 0. The number of nitrogens with one attached hydrogen (secondary N) is 1. The highest BCUT2D eigenvalue weighted by atomic mass is 19.1. The Bertz CT molecular complexity index is 299. The van der Waals surface area contributed by atoms with Crippen molar-refractivity contribution >= 4 is 5.90 Å². The molecule has 0 bridgehead atoms. The fourth-order valence-electron chi connectivity index (χ4n) is 0.876. The van der Waals surface area contributed by atoms with Crippen molar-refractivity contribution in [1.29, 1.82) is 5.41 Å². The van der Waals surface area contributed by atoms with Crippen LogP contribution in [0.5, 0.6) is 0 Å². The molecule has 1 rings (SSSR count). The molecular weight excluding hydrogens is 169 g/mol. The second-order valence-corrected chi connectivity index (χ2v) is 2.58. The lowest BCUT2D eigenvalue weighted by Gasteiger charge is -2.06. The third-order valence-corrected chi connectivity index (χ3v) is 1.51. The summed E-state index contributed by atoms with van der Waals surface area (Å²) in [6.07, 6.45) is 0.808. The van der Waals surface area contributed by atoms with E-state index in [2.05, 4.69) is 6.07 Å². The monoisotopic (exact) mass is 180 g/mol. The van der Waals surface area contributed by atoms with Crippen LogP contribution in [0.1, 0.15) is 18.9 Å². The van der Waals surface area contributed by atoms with Crippen LogP contribution in [0.3, 0.4) is 0 Å². The molecule has 0 unspecified atom stereocenters. The van der Waals surface area contributed by atoms with E-state index < -0.39 is 5.82 Å². The zero-order valence-corrected chi connectivity index (χ0v) is 7.43. The van der Waals surface area contributed by atoms with Crippen molar-refractivity contribution in [3.05, 3.63) is 35.6 Å². The van der Waals surface area contributed by atoms with E-state index in [1.807, 2.05) is 6.92 Å². The van der Waals surface area contributed by atoms with Gasteiger partial charge in [0.1, 0.15) is 5.82 Å². The second kappa shape index (κ2) is 4.60. The van der Waals surface area contributed by atoms with Crippen LogP contribution in [0, 0.1) is 17.3 Å². The molecule has 0 heterocycles. The molecule has 0 aromatic heterocycles. The first-order valence-corrected chi connectivity index (χ1v) is 4.13. The minimum atomic E-state index is -0.469. The van der Waals surface area contributed by atoms with E-state index in [9.17, 15) is 4.39 Å². The zero-order valence-electron chi connectivity index (χ0n) is 7.43. The van der Waals surface area contributed by atoms with Crippen LogP contribution in [0.15, 0.2) is 18.2 Å². The molecule has 0 aliphatic heterocycles. The average molecular weight is 180 g/mol. The molecule has 0 aliphatic carbocycles. The molecule has 69 valence electrons. The summed E-state index contributed by atoms with van der Waals surface area (Å²) < 4.78 is 18.0. The third kappa shape index (κ3) is 2.54. The Morgan fingerprint density at radius 3 is 3.08 bits per heavy atom. The minimum absolute atomic E-state index is 0.117. The van der Waals surface area contributed by atoms with Crippen molar-refractivity contribution < 1.29 is 9.13 Å². The lowest BCUT2D eigenvalue weighted by Crippen LogP contribution is -2.07. The van der Waals surface area contributed by atoms with Crippen LogP contribution < -0.4 is 0 Å². The SMILES string of the molecule is CCCOC(=N)c1cc[c]cc1F. The lowest BCUT2D eigenvalue weighted by molar-refractivity contribution is 0.302. The molecule has 0 amide bonds. The summed E-state index contributed by atoms with van der Waals surface area (Å²) in [5, 5.41) is 7.40. The second-order valence-electron chi connectivity index (χ2n) is 2.58. The highest BCUT2D eigenvalue weighted by Gasteiger charge is 2.07. The standard InChI is InChI=1S/C10H11FNO/c1-2-7-13-10(12)8-5-3-4-6-9(8)11/h3,5-6,12H,2,7H2,1H3. The first kappa shape index (κ1) is 9.71. The predicted molar refractivity (Wildman–Crippen MR) is 48.3 cm³/mol. The first-order chi connectivity index (χ1) is 6.25. The molecule has 1 aromatic rings. The number of rotatable bonds is 3. The summed E-state index contributed by atoms with van der Waals surface area (Å²) in [5.41, 5.74) is 0.187. The zero-order chi connectivity index (χ0) is 9.68. The topological polar surface area (TPSA) is 33.1 Å². The van der Waals surface area contributed by atoms with Gasteiger partial charge in [0.25, 0.3) is 0 Å². The van der Waals surface area contributed by atoms with Crippen LogP contribution in [0.25, 0.3) is 0 Å². The molecule has 3 heteroatoms. The number of ether oxygens (including phenoxy) is 1. The van der Waals surface area contributed by atoms with Crippen molar-refractivity contribution in [3.8, 4) is 0 Å². The van der Waals surface area contributed by atoms with Crippen LogP contribution in [-0.4, -0.2) is 12.5 Å². The quantitative estimate of drug-likeness (QED) is 0.562. The van der Waals surface area contributed by atoms with E-state index in [1.165, 1.54) is 12.1 Å². The molecule has 0 spiro atoms. The Morgan fingerprint density at radius 1 is 1.69 bits per heavy atom. The fraction of sp³-hybridized carbons (Fsp3) is 0.300. The van der Waals surface area contributed by atoms with E-state index in [4.69, 9.17) is 10.1 Å². The van der Waals surface area contributed by atoms with Crippen LogP contribution in [0.2, 0.25) is 0 Å². The Hall–Kier alpha value is -1.38. The number of benzene rings is 1. The van der Waals surface area contributed by atoms with E-state index in [0.717, 1.165) is 6.42 Å². The van der Waals surface area contributed by atoms with E-state index in [0.29, 0.717) is 6.61 Å². The molecule has 13 heavy (non-hydrogen) atoms. The third-order valence-electron chi connectivity index (χ3n) is 1.51. The number of hydrogen-bond acceptors (Lipinski definition) is 2. The van der Waals surface area contributed by atoms with E-state index in [-0.39, 0.29) is 11.5 Å².